The third-order valence-electron chi connectivity index (χ3n) is 4.99. The number of hydrogen-bond donors (Lipinski definition) is 2. The highest BCUT2D eigenvalue weighted by molar-refractivity contribution is 6.01. The fraction of sp³-hybridized carbons (Fsp3) is 0.261. The van der Waals surface area contributed by atoms with E-state index in [2.05, 4.69) is 10.4 Å². The highest BCUT2D eigenvalue weighted by atomic mass is 16.5. The number of rotatable bonds is 7. The summed E-state index contributed by atoms with van der Waals surface area (Å²) in [6, 6.07) is 16.8. The number of benzene rings is 2. The Hall–Kier alpha value is -3.45. The van der Waals surface area contributed by atoms with E-state index in [0.29, 0.717) is 17.8 Å². The highest BCUT2D eigenvalue weighted by Gasteiger charge is 2.19. The second-order valence-electron chi connectivity index (χ2n) is 7.29. The molecule has 30 heavy (non-hydrogen) atoms. The third-order valence-corrected chi connectivity index (χ3v) is 4.99. The molecule has 0 aliphatic rings. The number of carbonyl (C=O) groups excluding carboxylic acids is 2. The fourth-order valence-corrected chi connectivity index (χ4v) is 3.46. The summed E-state index contributed by atoms with van der Waals surface area (Å²) in [5.41, 5.74) is 4.94. The van der Waals surface area contributed by atoms with Crippen LogP contribution in [0.25, 0.3) is 5.69 Å². The first kappa shape index (κ1) is 21.3. The zero-order valence-electron chi connectivity index (χ0n) is 17.7. The zero-order chi connectivity index (χ0) is 21.7. The van der Waals surface area contributed by atoms with Gasteiger partial charge in [0.25, 0.3) is 5.91 Å². The standard InChI is InChI=1S/C23H26N4O3/c1-16-20(17(2)27(25-16)18-10-6-5-7-11-18)14-26(3)15-22(28)24-21-13-9-8-12-19(21)23(29)30-4/h5-13H,14-15H2,1-4H3,(H,24,28)/p+1. The van der Waals surface area contributed by atoms with Gasteiger partial charge in [0.05, 0.1) is 48.0 Å². The molecule has 0 spiro atoms. The van der Waals surface area contributed by atoms with Crippen molar-refractivity contribution < 1.29 is 19.2 Å². The van der Waals surface area contributed by atoms with E-state index in [0.717, 1.165) is 27.5 Å². The lowest BCUT2D eigenvalue weighted by Gasteiger charge is -2.15. The van der Waals surface area contributed by atoms with Crippen LogP contribution in [0.3, 0.4) is 0 Å². The molecule has 0 bridgehead atoms. The van der Waals surface area contributed by atoms with Gasteiger partial charge < -0.3 is 15.0 Å². The SMILES string of the molecule is COC(=O)c1ccccc1NC(=O)C[NH+](C)Cc1c(C)nn(-c2ccccc2)c1C. The Bertz CT molecular complexity index is 1040. The van der Waals surface area contributed by atoms with E-state index in [1.54, 1.807) is 24.3 Å². The van der Waals surface area contributed by atoms with E-state index in [1.807, 2.05) is 55.9 Å². The molecule has 1 amide bonds. The molecule has 2 N–H and O–H groups in total. The van der Waals surface area contributed by atoms with Crippen molar-refractivity contribution in [2.75, 3.05) is 26.0 Å². The van der Waals surface area contributed by atoms with Crippen LogP contribution in [0, 0.1) is 13.8 Å². The average molecular weight is 407 g/mol. The predicted molar refractivity (Wildman–Crippen MR) is 115 cm³/mol. The van der Waals surface area contributed by atoms with Crippen LogP contribution in [0.1, 0.15) is 27.3 Å². The lowest BCUT2D eigenvalue weighted by atomic mass is 10.1. The van der Waals surface area contributed by atoms with Crippen molar-refractivity contribution in [1.82, 2.24) is 9.78 Å². The molecule has 0 fully saturated rings. The van der Waals surface area contributed by atoms with Gasteiger partial charge in [0.1, 0.15) is 6.54 Å². The number of nitrogens with one attached hydrogen (secondary N) is 2. The van der Waals surface area contributed by atoms with Gasteiger partial charge in [-0.15, -0.1) is 0 Å². The number of likely N-dealkylation sites (N-methyl/N-ethyl adjacent to an activating group) is 1. The van der Waals surface area contributed by atoms with E-state index >= 15 is 0 Å². The summed E-state index contributed by atoms with van der Waals surface area (Å²) in [6.45, 7) is 4.95. The first-order chi connectivity index (χ1) is 14.4. The molecule has 3 aromatic rings. The maximum atomic E-state index is 12.6. The van der Waals surface area contributed by atoms with Crippen LogP contribution in [0.2, 0.25) is 0 Å². The van der Waals surface area contributed by atoms with Crippen molar-refractivity contribution in [2.24, 2.45) is 0 Å². The van der Waals surface area contributed by atoms with Gasteiger partial charge in [0, 0.05) is 0 Å². The summed E-state index contributed by atoms with van der Waals surface area (Å²) in [5.74, 6) is -0.652. The van der Waals surface area contributed by atoms with E-state index < -0.39 is 5.97 Å². The minimum Gasteiger partial charge on any atom is -0.465 e. The monoisotopic (exact) mass is 407 g/mol. The molecule has 0 aliphatic carbocycles. The molecule has 1 heterocycles. The maximum absolute atomic E-state index is 12.6. The third kappa shape index (κ3) is 4.75. The lowest BCUT2D eigenvalue weighted by molar-refractivity contribution is -0.885. The summed E-state index contributed by atoms with van der Waals surface area (Å²) in [7, 11) is 3.28. The first-order valence-electron chi connectivity index (χ1n) is 9.79. The Morgan fingerprint density at radius 1 is 1.07 bits per heavy atom. The van der Waals surface area contributed by atoms with Gasteiger partial charge in [-0.05, 0) is 38.1 Å². The second-order valence-corrected chi connectivity index (χ2v) is 7.29. The van der Waals surface area contributed by atoms with Gasteiger partial charge in [-0.25, -0.2) is 9.48 Å². The van der Waals surface area contributed by atoms with Crippen LogP contribution in [0.15, 0.2) is 54.6 Å². The Morgan fingerprint density at radius 2 is 1.73 bits per heavy atom. The Labute approximate surface area is 176 Å². The van der Waals surface area contributed by atoms with Crippen LogP contribution in [0.5, 0.6) is 0 Å². The number of anilines is 1. The molecular weight excluding hydrogens is 380 g/mol. The molecule has 1 unspecified atom stereocenters. The number of ether oxygens (including phenoxy) is 1. The minimum atomic E-state index is -0.480. The van der Waals surface area contributed by atoms with Crippen molar-refractivity contribution in [3.63, 3.8) is 0 Å². The summed E-state index contributed by atoms with van der Waals surface area (Å²) in [4.78, 5) is 25.5. The van der Waals surface area contributed by atoms with Crippen LogP contribution >= 0.6 is 0 Å². The first-order valence-corrected chi connectivity index (χ1v) is 9.79. The molecular formula is C23H27N4O3+. The van der Waals surface area contributed by atoms with Gasteiger partial charge in [0.15, 0.2) is 6.54 Å². The Kier molecular flexibility index (Phi) is 6.64. The molecule has 7 nitrogen and oxygen atoms in total. The Morgan fingerprint density at radius 3 is 2.43 bits per heavy atom. The van der Waals surface area contributed by atoms with E-state index in [4.69, 9.17) is 4.74 Å². The van der Waals surface area contributed by atoms with Gasteiger partial charge in [-0.3, -0.25) is 4.79 Å². The van der Waals surface area contributed by atoms with Crippen molar-refractivity contribution in [3.05, 3.63) is 77.1 Å². The largest absolute Gasteiger partial charge is 0.465 e. The fourth-order valence-electron chi connectivity index (χ4n) is 3.46. The number of esters is 1. The van der Waals surface area contributed by atoms with Crippen LogP contribution < -0.4 is 10.2 Å². The Balaban J connectivity index is 1.68. The maximum Gasteiger partial charge on any atom is 0.339 e. The second kappa shape index (κ2) is 9.37. The van der Waals surface area contributed by atoms with Crippen molar-refractivity contribution in [2.45, 2.75) is 20.4 Å². The molecule has 0 aliphatic heterocycles. The van der Waals surface area contributed by atoms with Crippen LogP contribution in [0.4, 0.5) is 5.69 Å². The number of nitrogens with zero attached hydrogens (tertiary/aromatic N) is 2. The van der Waals surface area contributed by atoms with Crippen molar-refractivity contribution in [1.29, 1.82) is 0 Å². The molecule has 0 saturated heterocycles. The number of methoxy groups -OCH3 is 1. The van der Waals surface area contributed by atoms with Gasteiger partial charge in [0.2, 0.25) is 0 Å². The highest BCUT2D eigenvalue weighted by Crippen LogP contribution is 2.17. The number of aryl methyl sites for hydroxylation is 1. The van der Waals surface area contributed by atoms with Crippen LogP contribution in [-0.4, -0.2) is 42.4 Å². The quantitative estimate of drug-likeness (QED) is 0.587. The number of carbonyl (C=O) groups is 2. The molecule has 3 rings (SSSR count). The molecule has 7 heteroatoms. The molecule has 1 aromatic heterocycles. The number of amides is 1. The smallest absolute Gasteiger partial charge is 0.339 e. The van der Waals surface area contributed by atoms with Crippen molar-refractivity contribution >= 4 is 17.6 Å². The van der Waals surface area contributed by atoms with Gasteiger partial charge >= 0.3 is 5.97 Å². The topological polar surface area (TPSA) is 77.7 Å². The number of aromatic nitrogens is 2. The van der Waals surface area contributed by atoms with E-state index in [1.165, 1.54) is 7.11 Å². The zero-order valence-corrected chi connectivity index (χ0v) is 17.7. The number of quaternary nitrogens is 1. The lowest BCUT2D eigenvalue weighted by Crippen LogP contribution is -3.08. The van der Waals surface area contributed by atoms with Gasteiger partial charge in [-0.2, -0.15) is 5.10 Å². The number of hydrogen-bond acceptors (Lipinski definition) is 4. The molecule has 0 saturated carbocycles. The van der Waals surface area contributed by atoms with E-state index in [9.17, 15) is 9.59 Å². The van der Waals surface area contributed by atoms with Crippen molar-refractivity contribution in [3.8, 4) is 5.69 Å². The number of para-hydroxylation sites is 2. The van der Waals surface area contributed by atoms with E-state index in [-0.39, 0.29) is 12.5 Å². The van der Waals surface area contributed by atoms with Crippen LogP contribution in [-0.2, 0) is 16.1 Å². The average Bonchev–Trinajstić information content (AvgIpc) is 3.02. The normalized spacial score (nSPS) is 11.7. The molecule has 156 valence electrons. The molecule has 0 radical (unpaired) electrons. The molecule has 2 aromatic carbocycles. The summed E-state index contributed by atoms with van der Waals surface area (Å²) < 4.78 is 6.71. The summed E-state index contributed by atoms with van der Waals surface area (Å²) in [6.07, 6.45) is 0. The predicted octanol–water partition coefficient (Wildman–Crippen LogP) is 1.93. The summed E-state index contributed by atoms with van der Waals surface area (Å²) in [5, 5.41) is 7.49. The van der Waals surface area contributed by atoms with Gasteiger partial charge in [-0.1, -0.05) is 30.3 Å². The minimum absolute atomic E-state index is 0.172. The summed E-state index contributed by atoms with van der Waals surface area (Å²) >= 11 is 0. The molecule has 1 atom stereocenters.